The van der Waals surface area contributed by atoms with Gasteiger partial charge in [-0.15, -0.1) is 10.2 Å². The first-order valence-electron chi connectivity index (χ1n) is 9.35. The Morgan fingerprint density at radius 3 is 2.36 bits per heavy atom. The largest absolute Gasteiger partial charge is 0.417 e. The van der Waals surface area contributed by atoms with Crippen LogP contribution in [0.4, 0.5) is 10.1 Å². The van der Waals surface area contributed by atoms with Crippen molar-refractivity contribution in [2.45, 2.75) is 12.8 Å². The van der Waals surface area contributed by atoms with E-state index in [9.17, 15) is 9.18 Å². The maximum atomic E-state index is 13.1. The minimum atomic E-state index is -0.253. The monoisotopic (exact) mass is 380 g/mol. The highest BCUT2D eigenvalue weighted by molar-refractivity contribution is 5.89. The van der Waals surface area contributed by atoms with Crippen LogP contribution in [0.25, 0.3) is 0 Å². The number of halogens is 1. The number of aromatic nitrogens is 2. The Bertz CT molecular complexity index is 919. The lowest BCUT2D eigenvalue weighted by molar-refractivity contribution is 0.0704. The number of carbonyl (C=O) groups is 1. The quantitative estimate of drug-likeness (QED) is 0.681. The predicted molar refractivity (Wildman–Crippen MR) is 103 cm³/mol. The highest BCUT2D eigenvalue weighted by Gasteiger charge is 2.26. The first-order chi connectivity index (χ1) is 13.7. The molecule has 0 unspecified atom stereocenters. The van der Waals surface area contributed by atoms with Crippen molar-refractivity contribution >= 4 is 11.6 Å². The molecule has 2 aromatic carbocycles. The van der Waals surface area contributed by atoms with Crippen LogP contribution in [-0.4, -0.2) is 47.2 Å². The molecule has 4 rings (SSSR count). The number of hydrogen-bond donors (Lipinski definition) is 0. The zero-order chi connectivity index (χ0) is 19.3. The van der Waals surface area contributed by atoms with Crippen molar-refractivity contribution in [2.75, 3.05) is 31.1 Å². The van der Waals surface area contributed by atoms with Crippen molar-refractivity contribution in [3.63, 3.8) is 0 Å². The maximum absolute atomic E-state index is 13.1. The summed E-state index contributed by atoms with van der Waals surface area (Å²) in [4.78, 5) is 16.5. The number of aryl methyl sites for hydroxylation is 2. The molecule has 1 aliphatic rings. The lowest BCUT2D eigenvalue weighted by atomic mass is 10.1. The van der Waals surface area contributed by atoms with Crippen molar-refractivity contribution < 1.29 is 13.6 Å². The fourth-order valence-corrected chi connectivity index (χ4v) is 3.29. The molecule has 0 radical (unpaired) electrons. The summed E-state index contributed by atoms with van der Waals surface area (Å²) >= 11 is 0. The van der Waals surface area contributed by atoms with E-state index in [-0.39, 0.29) is 17.6 Å². The van der Waals surface area contributed by atoms with Crippen LogP contribution in [0.5, 0.6) is 0 Å². The molecule has 1 fully saturated rings. The number of hydrogen-bond acceptors (Lipinski definition) is 5. The average Bonchev–Trinajstić information content (AvgIpc) is 3.22. The molecule has 0 bridgehead atoms. The number of amides is 1. The van der Waals surface area contributed by atoms with Gasteiger partial charge in [-0.2, -0.15) is 0 Å². The van der Waals surface area contributed by atoms with E-state index in [2.05, 4.69) is 15.1 Å². The van der Waals surface area contributed by atoms with Gasteiger partial charge >= 0.3 is 11.8 Å². The van der Waals surface area contributed by atoms with Gasteiger partial charge in [0.15, 0.2) is 0 Å². The first-order valence-corrected chi connectivity index (χ1v) is 9.35. The van der Waals surface area contributed by atoms with Crippen molar-refractivity contribution in [3.05, 3.63) is 77.8 Å². The fraction of sp³-hybridized carbons (Fsp3) is 0.286. The standard InChI is InChI=1S/C21H21FN4O2/c22-17-7-9-18(10-8-17)25-12-14-26(15-13-25)21(27)20-24-23-19(28-20)11-6-16-4-2-1-3-5-16/h1-5,7-10H,6,11-15H2. The summed E-state index contributed by atoms with van der Waals surface area (Å²) in [6.45, 7) is 2.45. The molecule has 1 amide bonds. The third kappa shape index (κ3) is 4.19. The zero-order valence-electron chi connectivity index (χ0n) is 15.4. The number of benzene rings is 2. The average molecular weight is 380 g/mol. The molecule has 0 aliphatic carbocycles. The van der Waals surface area contributed by atoms with E-state index in [1.165, 1.54) is 17.7 Å². The maximum Gasteiger partial charge on any atom is 0.311 e. The van der Waals surface area contributed by atoms with Gasteiger partial charge in [0, 0.05) is 38.3 Å². The summed E-state index contributed by atoms with van der Waals surface area (Å²) in [5.74, 6) is 0.0182. The fourth-order valence-electron chi connectivity index (χ4n) is 3.29. The Morgan fingerprint density at radius 1 is 0.929 bits per heavy atom. The van der Waals surface area contributed by atoms with Crippen molar-refractivity contribution in [3.8, 4) is 0 Å². The van der Waals surface area contributed by atoms with Gasteiger partial charge in [-0.3, -0.25) is 4.79 Å². The summed E-state index contributed by atoms with van der Waals surface area (Å²) in [6.07, 6.45) is 1.38. The summed E-state index contributed by atoms with van der Waals surface area (Å²) in [5, 5.41) is 7.94. The van der Waals surface area contributed by atoms with E-state index in [1.54, 1.807) is 17.0 Å². The minimum Gasteiger partial charge on any atom is -0.417 e. The summed E-state index contributed by atoms with van der Waals surface area (Å²) in [7, 11) is 0. The topological polar surface area (TPSA) is 62.5 Å². The Morgan fingerprint density at radius 2 is 1.64 bits per heavy atom. The Labute approximate surface area is 162 Å². The van der Waals surface area contributed by atoms with Crippen LogP contribution >= 0.6 is 0 Å². The molecule has 0 saturated carbocycles. The highest BCUT2D eigenvalue weighted by atomic mass is 19.1. The molecule has 0 N–H and O–H groups in total. The Hall–Kier alpha value is -3.22. The van der Waals surface area contributed by atoms with Crippen molar-refractivity contribution in [2.24, 2.45) is 0 Å². The molecule has 0 atom stereocenters. The van der Waals surface area contributed by atoms with Crippen LogP contribution in [-0.2, 0) is 12.8 Å². The van der Waals surface area contributed by atoms with Crippen molar-refractivity contribution in [1.29, 1.82) is 0 Å². The first kappa shape index (κ1) is 18.2. The van der Waals surface area contributed by atoms with E-state index < -0.39 is 0 Å². The molecule has 144 valence electrons. The van der Waals surface area contributed by atoms with Crippen LogP contribution < -0.4 is 4.90 Å². The second-order valence-corrected chi connectivity index (χ2v) is 6.74. The predicted octanol–water partition coefficient (Wildman–Crippen LogP) is 2.96. The normalized spacial score (nSPS) is 14.3. The lowest BCUT2D eigenvalue weighted by Crippen LogP contribution is -2.48. The van der Waals surface area contributed by atoms with E-state index in [0.717, 1.165) is 12.1 Å². The van der Waals surface area contributed by atoms with Gasteiger partial charge in [0.1, 0.15) is 5.82 Å². The number of nitrogens with zero attached hydrogens (tertiary/aromatic N) is 4. The molecule has 3 aromatic rings. The molecule has 1 aliphatic heterocycles. The van der Waals surface area contributed by atoms with Gasteiger partial charge in [0.2, 0.25) is 5.89 Å². The number of carbonyl (C=O) groups excluding carboxylic acids is 1. The van der Waals surface area contributed by atoms with Crippen LogP contribution in [0.3, 0.4) is 0 Å². The molecule has 6 nitrogen and oxygen atoms in total. The van der Waals surface area contributed by atoms with E-state index >= 15 is 0 Å². The molecule has 28 heavy (non-hydrogen) atoms. The molecular formula is C21H21FN4O2. The van der Waals surface area contributed by atoms with Gasteiger partial charge in [0.25, 0.3) is 0 Å². The van der Waals surface area contributed by atoms with E-state index in [0.29, 0.717) is 38.5 Å². The lowest BCUT2D eigenvalue weighted by Gasteiger charge is -2.35. The molecule has 1 aromatic heterocycles. The second-order valence-electron chi connectivity index (χ2n) is 6.74. The summed E-state index contributed by atoms with van der Waals surface area (Å²) in [5.41, 5.74) is 2.14. The Kier molecular flexibility index (Phi) is 5.32. The minimum absolute atomic E-state index is 0.0401. The van der Waals surface area contributed by atoms with Crippen LogP contribution in [0.1, 0.15) is 22.1 Å². The summed E-state index contributed by atoms with van der Waals surface area (Å²) in [6, 6.07) is 16.4. The van der Waals surface area contributed by atoms with Gasteiger partial charge < -0.3 is 14.2 Å². The third-order valence-corrected chi connectivity index (χ3v) is 4.88. The Balaban J connectivity index is 1.31. The van der Waals surface area contributed by atoms with Crippen LogP contribution in [0, 0.1) is 5.82 Å². The van der Waals surface area contributed by atoms with Crippen molar-refractivity contribution in [1.82, 2.24) is 15.1 Å². The molecular weight excluding hydrogens is 359 g/mol. The highest BCUT2D eigenvalue weighted by Crippen LogP contribution is 2.18. The number of rotatable bonds is 5. The molecule has 2 heterocycles. The van der Waals surface area contributed by atoms with Gasteiger partial charge in [0.05, 0.1) is 0 Å². The zero-order valence-corrected chi connectivity index (χ0v) is 15.4. The van der Waals surface area contributed by atoms with Crippen LogP contribution in [0.15, 0.2) is 59.0 Å². The van der Waals surface area contributed by atoms with Gasteiger partial charge in [-0.25, -0.2) is 4.39 Å². The SMILES string of the molecule is O=C(c1nnc(CCc2ccccc2)o1)N1CCN(c2ccc(F)cc2)CC1. The van der Waals surface area contributed by atoms with Crippen LogP contribution in [0.2, 0.25) is 0 Å². The molecule has 1 saturated heterocycles. The summed E-state index contributed by atoms with van der Waals surface area (Å²) < 4.78 is 18.6. The number of piperazine rings is 1. The van der Waals surface area contributed by atoms with Gasteiger partial charge in [-0.05, 0) is 36.2 Å². The molecule has 0 spiro atoms. The van der Waals surface area contributed by atoms with Gasteiger partial charge in [-0.1, -0.05) is 30.3 Å². The van der Waals surface area contributed by atoms with E-state index in [4.69, 9.17) is 4.42 Å². The number of anilines is 1. The van der Waals surface area contributed by atoms with E-state index in [1.807, 2.05) is 30.3 Å². The smallest absolute Gasteiger partial charge is 0.311 e. The molecule has 7 heteroatoms. The second kappa shape index (κ2) is 8.21. The third-order valence-electron chi connectivity index (χ3n) is 4.88.